The largest absolute Gasteiger partial charge is 0.497 e. The lowest BCUT2D eigenvalue weighted by Crippen LogP contribution is -2.44. The van der Waals surface area contributed by atoms with Gasteiger partial charge in [-0.05, 0) is 55.2 Å². The summed E-state index contributed by atoms with van der Waals surface area (Å²) in [6.45, 7) is 9.08. The molecule has 0 spiro atoms. The zero-order chi connectivity index (χ0) is 29.8. The van der Waals surface area contributed by atoms with E-state index in [1.807, 2.05) is 54.4 Å². The van der Waals surface area contributed by atoms with Gasteiger partial charge in [0.05, 0.1) is 26.3 Å². The van der Waals surface area contributed by atoms with Crippen molar-refractivity contribution < 1.29 is 23.8 Å². The summed E-state index contributed by atoms with van der Waals surface area (Å²) in [5, 5.41) is 0.706. The Bertz CT molecular complexity index is 1280. The molecule has 0 atom stereocenters. The van der Waals surface area contributed by atoms with Crippen molar-refractivity contribution in [3.05, 3.63) is 82.6 Å². The number of halogens is 1. The number of carbonyl (C=O) groups excluding carboxylic acids is 2. The number of rotatable bonds is 16. The van der Waals surface area contributed by atoms with Crippen LogP contribution in [-0.4, -0.2) is 73.2 Å². The van der Waals surface area contributed by atoms with Crippen LogP contribution in [0.1, 0.15) is 48.8 Å². The van der Waals surface area contributed by atoms with Crippen LogP contribution in [0.2, 0.25) is 5.02 Å². The van der Waals surface area contributed by atoms with E-state index in [9.17, 15) is 9.59 Å². The average Bonchev–Trinajstić information content (AvgIpc) is 3.40. The molecule has 8 nitrogen and oxygen atoms in total. The fourth-order valence-electron chi connectivity index (χ4n) is 4.61. The number of hydrogen-bond donors (Lipinski definition) is 0. The number of carbonyl (C=O) groups is 2. The van der Waals surface area contributed by atoms with Crippen molar-refractivity contribution in [3.63, 3.8) is 0 Å². The van der Waals surface area contributed by atoms with Crippen molar-refractivity contribution in [2.24, 2.45) is 5.92 Å². The molecule has 2 amide bonds. The van der Waals surface area contributed by atoms with Gasteiger partial charge in [0.25, 0.3) is 5.91 Å². The molecule has 0 saturated carbocycles. The van der Waals surface area contributed by atoms with E-state index in [0.717, 1.165) is 11.3 Å². The molecule has 1 heterocycles. The van der Waals surface area contributed by atoms with Crippen molar-refractivity contribution in [3.8, 4) is 11.5 Å². The van der Waals surface area contributed by atoms with E-state index in [2.05, 4.69) is 18.4 Å². The predicted octanol–water partition coefficient (Wildman–Crippen LogP) is 5.76. The summed E-state index contributed by atoms with van der Waals surface area (Å²) in [6.07, 6.45) is 2.60. The topological polar surface area (TPSA) is 73.2 Å². The standard InChI is InChI=1S/C32H42ClN3O5/c1-6-41-18-10-17-35(32(38)28-15-14-27(39-4)19-30(28)40-5)23-31(37)36(20-24(2)3)22-26-12-9-16-34(26)21-25-11-7-8-13-29(25)33/h7-9,11-16,19,24H,6,10,17-18,20-23H2,1-5H3. The number of benzene rings is 2. The van der Waals surface area contributed by atoms with Crippen molar-refractivity contribution in [1.29, 1.82) is 0 Å². The fraction of sp³-hybridized carbons (Fsp3) is 0.438. The van der Waals surface area contributed by atoms with E-state index in [1.54, 1.807) is 30.2 Å². The minimum atomic E-state index is -0.277. The van der Waals surface area contributed by atoms with Crippen LogP contribution in [0.25, 0.3) is 0 Å². The molecule has 3 aromatic rings. The first-order chi connectivity index (χ1) is 19.8. The van der Waals surface area contributed by atoms with E-state index >= 15 is 0 Å². The lowest BCUT2D eigenvalue weighted by atomic mass is 10.1. The Morgan fingerprint density at radius 3 is 2.46 bits per heavy atom. The Labute approximate surface area is 248 Å². The molecule has 0 aliphatic heterocycles. The summed E-state index contributed by atoms with van der Waals surface area (Å²) in [4.78, 5) is 31.0. The smallest absolute Gasteiger partial charge is 0.258 e. The molecule has 0 aliphatic rings. The van der Waals surface area contributed by atoms with Gasteiger partial charge in [0, 0.05) is 55.8 Å². The molecule has 0 radical (unpaired) electrons. The third kappa shape index (κ3) is 9.26. The summed E-state index contributed by atoms with van der Waals surface area (Å²) in [6, 6.07) is 16.8. The van der Waals surface area contributed by atoms with E-state index in [4.69, 9.17) is 25.8 Å². The van der Waals surface area contributed by atoms with E-state index in [1.165, 1.54) is 7.11 Å². The summed E-state index contributed by atoms with van der Waals surface area (Å²) >= 11 is 6.42. The molecule has 9 heteroatoms. The van der Waals surface area contributed by atoms with Gasteiger partial charge in [-0.1, -0.05) is 43.6 Å². The van der Waals surface area contributed by atoms with Gasteiger partial charge in [0.2, 0.25) is 5.91 Å². The highest BCUT2D eigenvalue weighted by molar-refractivity contribution is 6.31. The molecular weight excluding hydrogens is 542 g/mol. The second-order valence-electron chi connectivity index (χ2n) is 10.2. The summed E-state index contributed by atoms with van der Waals surface area (Å²) in [5.41, 5.74) is 2.37. The molecule has 3 rings (SSSR count). The monoisotopic (exact) mass is 583 g/mol. The third-order valence-corrected chi connectivity index (χ3v) is 7.06. The zero-order valence-electron chi connectivity index (χ0n) is 24.8. The molecule has 0 fully saturated rings. The molecule has 0 bridgehead atoms. The first-order valence-corrected chi connectivity index (χ1v) is 14.4. The highest BCUT2D eigenvalue weighted by Crippen LogP contribution is 2.26. The number of aromatic nitrogens is 1. The Morgan fingerprint density at radius 2 is 1.78 bits per heavy atom. The van der Waals surface area contributed by atoms with Crippen molar-refractivity contribution in [2.75, 3.05) is 47.1 Å². The minimum absolute atomic E-state index is 0.0575. The van der Waals surface area contributed by atoms with Crippen molar-refractivity contribution in [2.45, 2.75) is 40.3 Å². The molecule has 1 aromatic heterocycles. The first kappa shape index (κ1) is 32.0. The lowest BCUT2D eigenvalue weighted by Gasteiger charge is -2.29. The molecule has 0 aliphatic carbocycles. The molecular formula is C32H42ClN3O5. The number of amides is 2. The molecule has 222 valence electrons. The van der Waals surface area contributed by atoms with Gasteiger partial charge in [-0.3, -0.25) is 9.59 Å². The van der Waals surface area contributed by atoms with Gasteiger partial charge in [0.15, 0.2) is 0 Å². The second-order valence-corrected chi connectivity index (χ2v) is 10.6. The number of nitrogens with zero attached hydrogens (tertiary/aromatic N) is 3. The Balaban J connectivity index is 1.83. The molecule has 0 unspecified atom stereocenters. The lowest BCUT2D eigenvalue weighted by molar-refractivity contribution is -0.133. The maximum absolute atomic E-state index is 13.8. The van der Waals surface area contributed by atoms with E-state index in [0.29, 0.717) is 67.9 Å². The zero-order valence-corrected chi connectivity index (χ0v) is 25.5. The maximum Gasteiger partial charge on any atom is 0.258 e. The maximum atomic E-state index is 13.8. The third-order valence-electron chi connectivity index (χ3n) is 6.69. The number of ether oxygens (including phenoxy) is 3. The predicted molar refractivity (Wildman–Crippen MR) is 162 cm³/mol. The second kappa shape index (κ2) is 16.1. The van der Waals surface area contributed by atoms with Crippen LogP contribution >= 0.6 is 11.6 Å². The van der Waals surface area contributed by atoms with Crippen LogP contribution in [0, 0.1) is 5.92 Å². The number of hydrogen-bond acceptors (Lipinski definition) is 5. The molecule has 2 aromatic carbocycles. The summed E-state index contributed by atoms with van der Waals surface area (Å²) < 4.78 is 18.4. The average molecular weight is 584 g/mol. The fourth-order valence-corrected chi connectivity index (χ4v) is 4.81. The Hall–Kier alpha value is -3.49. The van der Waals surface area contributed by atoms with Crippen LogP contribution in [0.4, 0.5) is 0 Å². The van der Waals surface area contributed by atoms with Gasteiger partial charge < -0.3 is 28.6 Å². The van der Waals surface area contributed by atoms with Crippen LogP contribution in [-0.2, 0) is 22.6 Å². The van der Waals surface area contributed by atoms with Crippen LogP contribution < -0.4 is 9.47 Å². The van der Waals surface area contributed by atoms with Gasteiger partial charge >= 0.3 is 0 Å². The van der Waals surface area contributed by atoms with Gasteiger partial charge in [0.1, 0.15) is 18.0 Å². The highest BCUT2D eigenvalue weighted by Gasteiger charge is 2.26. The Kier molecular flexibility index (Phi) is 12.6. The van der Waals surface area contributed by atoms with Crippen LogP contribution in [0.5, 0.6) is 11.5 Å². The first-order valence-electron chi connectivity index (χ1n) is 14.0. The van der Waals surface area contributed by atoms with Crippen molar-refractivity contribution >= 4 is 23.4 Å². The molecule has 0 saturated heterocycles. The van der Waals surface area contributed by atoms with E-state index in [-0.39, 0.29) is 24.3 Å². The van der Waals surface area contributed by atoms with Crippen LogP contribution in [0.15, 0.2) is 60.8 Å². The summed E-state index contributed by atoms with van der Waals surface area (Å²) in [7, 11) is 3.07. The quantitative estimate of drug-likeness (QED) is 0.200. The van der Waals surface area contributed by atoms with Gasteiger partial charge in [-0.25, -0.2) is 0 Å². The SMILES string of the molecule is CCOCCCN(CC(=O)N(Cc1cccn1Cc1ccccc1Cl)CC(C)C)C(=O)c1ccc(OC)cc1OC. The molecule has 0 N–H and O–H groups in total. The highest BCUT2D eigenvalue weighted by atomic mass is 35.5. The van der Waals surface area contributed by atoms with Crippen molar-refractivity contribution in [1.82, 2.24) is 14.4 Å². The van der Waals surface area contributed by atoms with E-state index < -0.39 is 0 Å². The molecule has 41 heavy (non-hydrogen) atoms. The number of methoxy groups -OCH3 is 2. The normalized spacial score (nSPS) is 11.0. The minimum Gasteiger partial charge on any atom is -0.497 e. The van der Waals surface area contributed by atoms with Crippen LogP contribution in [0.3, 0.4) is 0 Å². The summed E-state index contributed by atoms with van der Waals surface area (Å²) in [5.74, 6) is 0.824. The Morgan fingerprint density at radius 1 is 1.00 bits per heavy atom. The van der Waals surface area contributed by atoms with Gasteiger partial charge in [-0.2, -0.15) is 0 Å². The van der Waals surface area contributed by atoms with Gasteiger partial charge in [-0.15, -0.1) is 0 Å².